The Hall–Kier alpha value is -4.43. The van der Waals surface area contributed by atoms with Gasteiger partial charge in [-0.25, -0.2) is 4.98 Å². The Morgan fingerprint density at radius 1 is 0.935 bits per heavy atom. The largest absolute Gasteiger partial charge is 0.337 e. The van der Waals surface area contributed by atoms with Crippen LogP contribution in [0.5, 0.6) is 0 Å². The predicted molar refractivity (Wildman–Crippen MR) is 123 cm³/mol. The Labute approximate surface area is 179 Å². The third kappa shape index (κ3) is 3.87. The molecule has 5 heteroatoms. The third-order valence-corrected chi connectivity index (χ3v) is 5.09. The van der Waals surface area contributed by atoms with E-state index in [1.165, 1.54) is 0 Å². The molecule has 0 aliphatic carbocycles. The third-order valence-electron chi connectivity index (χ3n) is 5.09. The van der Waals surface area contributed by atoms with Crippen LogP contribution in [0.1, 0.15) is 17.0 Å². The quantitative estimate of drug-likeness (QED) is 0.393. The van der Waals surface area contributed by atoms with Gasteiger partial charge in [-0.15, -0.1) is 0 Å². The number of imidazole rings is 1. The second-order valence-corrected chi connectivity index (χ2v) is 7.25. The van der Waals surface area contributed by atoms with Crippen molar-refractivity contribution in [3.63, 3.8) is 0 Å². The van der Waals surface area contributed by atoms with Crippen molar-refractivity contribution in [2.45, 2.75) is 6.54 Å². The Morgan fingerprint density at radius 3 is 2.39 bits per heavy atom. The van der Waals surface area contributed by atoms with Gasteiger partial charge in [-0.05, 0) is 23.8 Å². The van der Waals surface area contributed by atoms with Crippen molar-refractivity contribution in [2.75, 3.05) is 0 Å². The zero-order chi connectivity index (χ0) is 21.0. The maximum absolute atomic E-state index is 9.86. The fraction of sp³-hybridized carbons (Fsp3) is 0.0385. The molecule has 5 rings (SSSR count). The summed E-state index contributed by atoms with van der Waals surface area (Å²) in [6, 6.07) is 30.3. The summed E-state index contributed by atoms with van der Waals surface area (Å²) in [5.41, 5.74) is 6.08. The number of allylic oxidation sites excluding steroid dienone is 1. The molecule has 0 radical (unpaired) electrons. The van der Waals surface area contributed by atoms with Crippen LogP contribution in [0.15, 0.2) is 91.1 Å². The monoisotopic (exact) mass is 401 g/mol. The summed E-state index contributed by atoms with van der Waals surface area (Å²) < 4.78 is 1.91. The van der Waals surface area contributed by atoms with Gasteiger partial charge in [-0.1, -0.05) is 72.8 Å². The topological polar surface area (TPSA) is 70.3 Å². The van der Waals surface area contributed by atoms with Crippen LogP contribution < -0.4 is 0 Å². The Kier molecular flexibility index (Phi) is 4.88. The first-order valence-corrected chi connectivity index (χ1v) is 10.0. The average molecular weight is 401 g/mol. The molecule has 1 N–H and O–H groups in total. The van der Waals surface area contributed by atoms with Gasteiger partial charge in [0.2, 0.25) is 0 Å². The summed E-state index contributed by atoms with van der Waals surface area (Å²) in [5, 5.41) is 14.7. The van der Waals surface area contributed by atoms with Gasteiger partial charge in [0.25, 0.3) is 0 Å². The molecule has 0 aliphatic rings. The molecule has 0 unspecified atom stereocenters. The molecule has 2 aromatic heterocycles. The smallest absolute Gasteiger partial charge is 0.149 e. The van der Waals surface area contributed by atoms with Crippen molar-refractivity contribution in [3.05, 3.63) is 108 Å². The summed E-state index contributed by atoms with van der Waals surface area (Å²) in [7, 11) is 0. The molecule has 0 saturated carbocycles. The van der Waals surface area contributed by atoms with Crippen molar-refractivity contribution < 1.29 is 0 Å². The Morgan fingerprint density at radius 2 is 1.65 bits per heavy atom. The van der Waals surface area contributed by atoms with Gasteiger partial charge in [-0.2, -0.15) is 10.4 Å². The van der Waals surface area contributed by atoms with E-state index in [1.807, 2.05) is 89.8 Å². The molecule has 0 atom stereocenters. The zero-order valence-electron chi connectivity index (χ0n) is 16.7. The van der Waals surface area contributed by atoms with E-state index in [1.54, 1.807) is 0 Å². The fourth-order valence-electron chi connectivity index (χ4n) is 3.60. The molecule has 0 fully saturated rings. The van der Waals surface area contributed by atoms with E-state index in [-0.39, 0.29) is 0 Å². The number of H-pyrrole nitrogens is 1. The summed E-state index contributed by atoms with van der Waals surface area (Å²) in [5.74, 6) is 0.554. The van der Waals surface area contributed by atoms with Crippen LogP contribution >= 0.6 is 0 Å². The highest BCUT2D eigenvalue weighted by Gasteiger charge is 2.13. The highest BCUT2D eigenvalue weighted by Crippen LogP contribution is 2.27. The Balaban J connectivity index is 1.59. The highest BCUT2D eigenvalue weighted by atomic mass is 15.3. The molecule has 0 bridgehead atoms. The average Bonchev–Trinajstić information content (AvgIpc) is 3.42. The first-order valence-electron chi connectivity index (χ1n) is 10.0. The molecule has 0 saturated heterocycles. The minimum Gasteiger partial charge on any atom is -0.337 e. The van der Waals surface area contributed by atoms with Crippen LogP contribution in [0.2, 0.25) is 0 Å². The second-order valence-electron chi connectivity index (χ2n) is 7.25. The highest BCUT2D eigenvalue weighted by molar-refractivity contribution is 5.92. The molecule has 148 valence electrons. The number of rotatable bonds is 5. The lowest BCUT2D eigenvalue weighted by atomic mass is 10.1. The van der Waals surface area contributed by atoms with Gasteiger partial charge in [0.15, 0.2) is 0 Å². The van der Waals surface area contributed by atoms with Crippen molar-refractivity contribution in [2.24, 2.45) is 0 Å². The molecule has 0 amide bonds. The molecular formula is C26H19N5. The lowest BCUT2D eigenvalue weighted by Gasteiger charge is -2.01. The standard InChI is InChI=1S/C26H19N5/c27-16-21(26-28-23-13-7-8-14-24(23)29-26)15-22-18-31(17-19-9-3-1-4-10-19)30-25(22)20-11-5-2-6-12-20/h1-15,18H,17H2,(H,28,29)/b21-15+. The van der Waals surface area contributed by atoms with E-state index in [0.717, 1.165) is 33.4 Å². The first kappa shape index (κ1) is 18.6. The molecular weight excluding hydrogens is 382 g/mol. The van der Waals surface area contributed by atoms with Gasteiger partial charge in [0.05, 0.1) is 28.8 Å². The first-order chi connectivity index (χ1) is 15.3. The second kappa shape index (κ2) is 8.13. The number of fused-ring (bicyclic) bond motifs is 1. The molecule has 2 heterocycles. The number of benzene rings is 3. The number of nitrogens with zero attached hydrogens (tertiary/aromatic N) is 4. The number of para-hydroxylation sites is 2. The molecule has 5 aromatic rings. The minimum atomic E-state index is 0.465. The van der Waals surface area contributed by atoms with Crippen LogP contribution in [0.25, 0.3) is 33.9 Å². The zero-order valence-corrected chi connectivity index (χ0v) is 16.7. The lowest BCUT2D eigenvalue weighted by Crippen LogP contribution is -1.99. The van der Waals surface area contributed by atoms with Crippen LogP contribution in [0, 0.1) is 11.3 Å². The Bertz CT molecular complexity index is 1370. The summed E-state index contributed by atoms with van der Waals surface area (Å²) in [6.45, 7) is 0.654. The van der Waals surface area contributed by atoms with Crippen molar-refractivity contribution in [3.8, 4) is 17.3 Å². The van der Waals surface area contributed by atoms with Gasteiger partial charge in [0.1, 0.15) is 11.9 Å². The number of nitriles is 1. The van der Waals surface area contributed by atoms with E-state index in [0.29, 0.717) is 17.9 Å². The van der Waals surface area contributed by atoms with E-state index in [9.17, 15) is 5.26 Å². The van der Waals surface area contributed by atoms with Gasteiger partial charge < -0.3 is 4.98 Å². The SMILES string of the molecule is N#C/C(=C\c1cn(Cc2ccccc2)nc1-c1ccccc1)c1nc2ccccc2[nH]1. The number of hydrogen-bond acceptors (Lipinski definition) is 3. The molecule has 0 aliphatic heterocycles. The molecule has 3 aromatic carbocycles. The number of hydrogen-bond donors (Lipinski definition) is 1. The summed E-state index contributed by atoms with van der Waals surface area (Å²) >= 11 is 0. The van der Waals surface area contributed by atoms with Gasteiger partial charge in [-0.3, -0.25) is 4.68 Å². The number of nitrogens with one attached hydrogen (secondary N) is 1. The van der Waals surface area contributed by atoms with Gasteiger partial charge in [0, 0.05) is 17.3 Å². The van der Waals surface area contributed by atoms with Crippen molar-refractivity contribution >= 4 is 22.7 Å². The maximum Gasteiger partial charge on any atom is 0.149 e. The van der Waals surface area contributed by atoms with E-state index in [4.69, 9.17) is 5.10 Å². The fourth-order valence-corrected chi connectivity index (χ4v) is 3.60. The van der Waals surface area contributed by atoms with E-state index in [2.05, 4.69) is 28.2 Å². The number of aromatic amines is 1. The number of aromatic nitrogens is 4. The summed E-state index contributed by atoms with van der Waals surface area (Å²) in [6.07, 6.45) is 3.84. The summed E-state index contributed by atoms with van der Waals surface area (Å²) in [4.78, 5) is 7.83. The lowest BCUT2D eigenvalue weighted by molar-refractivity contribution is 0.689. The predicted octanol–water partition coefficient (Wildman–Crippen LogP) is 5.54. The molecule has 31 heavy (non-hydrogen) atoms. The molecule has 0 spiro atoms. The minimum absolute atomic E-state index is 0.465. The maximum atomic E-state index is 9.86. The van der Waals surface area contributed by atoms with Gasteiger partial charge >= 0.3 is 0 Å². The van der Waals surface area contributed by atoms with E-state index < -0.39 is 0 Å². The van der Waals surface area contributed by atoms with Crippen LogP contribution in [-0.2, 0) is 6.54 Å². The van der Waals surface area contributed by atoms with Crippen molar-refractivity contribution in [1.29, 1.82) is 5.26 Å². The van der Waals surface area contributed by atoms with E-state index >= 15 is 0 Å². The normalized spacial score (nSPS) is 11.5. The molecule has 5 nitrogen and oxygen atoms in total. The van der Waals surface area contributed by atoms with Crippen LogP contribution in [-0.4, -0.2) is 19.7 Å². The van der Waals surface area contributed by atoms with Crippen LogP contribution in [0.4, 0.5) is 0 Å². The van der Waals surface area contributed by atoms with Crippen molar-refractivity contribution in [1.82, 2.24) is 19.7 Å². The van der Waals surface area contributed by atoms with Crippen LogP contribution in [0.3, 0.4) is 0 Å².